The Morgan fingerprint density at radius 2 is 1.43 bits per heavy atom. The lowest BCUT2D eigenvalue weighted by Crippen LogP contribution is -2.45. The molecule has 3 aromatic carbocycles. The van der Waals surface area contributed by atoms with Gasteiger partial charge in [-0.25, -0.2) is 0 Å². The summed E-state index contributed by atoms with van der Waals surface area (Å²) in [6.45, 7) is 2.03. The number of hydrogen-bond donors (Lipinski definition) is 1. The van der Waals surface area contributed by atoms with Gasteiger partial charge in [0.15, 0.2) is 0 Å². The minimum absolute atomic E-state index is 0.0846. The fraction of sp³-hybridized carbons (Fsp3) is 0.208. The monoisotopic (exact) mass is 375 g/mol. The van der Waals surface area contributed by atoms with E-state index in [4.69, 9.17) is 9.47 Å². The average Bonchev–Trinajstić information content (AvgIpc) is 2.75. The van der Waals surface area contributed by atoms with Crippen molar-refractivity contribution >= 4 is 5.91 Å². The lowest BCUT2D eigenvalue weighted by Gasteiger charge is -2.32. The molecule has 144 valence electrons. The molecule has 0 bridgehead atoms. The molecular weight excluding hydrogens is 350 g/mol. The molecule has 3 rings (SSSR count). The summed E-state index contributed by atoms with van der Waals surface area (Å²) < 4.78 is 10.7. The third-order valence-corrected chi connectivity index (χ3v) is 4.94. The van der Waals surface area contributed by atoms with Gasteiger partial charge in [-0.1, -0.05) is 66.7 Å². The molecule has 28 heavy (non-hydrogen) atoms. The first-order valence-electron chi connectivity index (χ1n) is 9.20. The Kier molecular flexibility index (Phi) is 5.99. The predicted octanol–water partition coefficient (Wildman–Crippen LogP) is 4.33. The van der Waals surface area contributed by atoms with Crippen LogP contribution < -0.4 is 14.8 Å². The molecule has 3 aromatic rings. The molecule has 0 fully saturated rings. The molecule has 1 N–H and O–H groups in total. The molecule has 0 aromatic heterocycles. The summed E-state index contributed by atoms with van der Waals surface area (Å²) in [5, 5.41) is 3.23. The SMILES string of the molecule is COc1ccc(CC(=O)NC(C)(c2ccccc2)c2ccccc2)c(OC)c1. The van der Waals surface area contributed by atoms with Gasteiger partial charge in [0, 0.05) is 11.6 Å². The molecule has 0 aliphatic rings. The van der Waals surface area contributed by atoms with E-state index < -0.39 is 5.54 Å². The van der Waals surface area contributed by atoms with Crippen LogP contribution in [0, 0.1) is 0 Å². The second-order valence-electron chi connectivity index (χ2n) is 6.76. The van der Waals surface area contributed by atoms with Crippen LogP contribution in [0.1, 0.15) is 23.6 Å². The van der Waals surface area contributed by atoms with Gasteiger partial charge in [0.2, 0.25) is 5.91 Å². The number of nitrogens with one attached hydrogen (secondary N) is 1. The van der Waals surface area contributed by atoms with Gasteiger partial charge >= 0.3 is 0 Å². The summed E-state index contributed by atoms with van der Waals surface area (Å²) in [4.78, 5) is 13.0. The maximum absolute atomic E-state index is 13.0. The third-order valence-electron chi connectivity index (χ3n) is 4.94. The Morgan fingerprint density at radius 3 is 1.93 bits per heavy atom. The van der Waals surface area contributed by atoms with Crippen LogP contribution in [0.25, 0.3) is 0 Å². The standard InChI is InChI=1S/C24H25NO3/c1-24(19-10-6-4-7-11-19,20-12-8-5-9-13-20)25-23(26)16-18-14-15-21(27-2)17-22(18)28-3/h4-15,17H,16H2,1-3H3,(H,25,26). The van der Waals surface area contributed by atoms with Gasteiger partial charge in [0.05, 0.1) is 26.2 Å². The van der Waals surface area contributed by atoms with E-state index in [9.17, 15) is 4.79 Å². The van der Waals surface area contributed by atoms with Crippen LogP contribution in [0.2, 0.25) is 0 Å². The Labute approximate surface area is 166 Å². The van der Waals surface area contributed by atoms with Crippen LogP contribution >= 0.6 is 0 Å². The van der Waals surface area contributed by atoms with Gasteiger partial charge in [-0.15, -0.1) is 0 Å². The second-order valence-corrected chi connectivity index (χ2v) is 6.76. The highest BCUT2D eigenvalue weighted by atomic mass is 16.5. The zero-order chi connectivity index (χ0) is 20.0. The van der Waals surface area contributed by atoms with Crippen molar-refractivity contribution in [2.45, 2.75) is 18.9 Å². The number of carbonyl (C=O) groups is 1. The first-order chi connectivity index (χ1) is 13.6. The first-order valence-corrected chi connectivity index (χ1v) is 9.20. The molecule has 0 unspecified atom stereocenters. The first kappa shape index (κ1) is 19.5. The Morgan fingerprint density at radius 1 is 0.857 bits per heavy atom. The van der Waals surface area contributed by atoms with Crippen LogP contribution in [0.15, 0.2) is 78.9 Å². The minimum Gasteiger partial charge on any atom is -0.497 e. The van der Waals surface area contributed by atoms with Gasteiger partial charge in [-0.2, -0.15) is 0 Å². The summed E-state index contributed by atoms with van der Waals surface area (Å²) >= 11 is 0. The quantitative estimate of drug-likeness (QED) is 0.669. The Hall–Kier alpha value is -3.27. The van der Waals surface area contributed by atoms with Gasteiger partial charge in [0.25, 0.3) is 0 Å². The number of benzene rings is 3. The fourth-order valence-corrected chi connectivity index (χ4v) is 3.35. The molecule has 0 aliphatic heterocycles. The summed E-state index contributed by atoms with van der Waals surface area (Å²) in [6, 6.07) is 25.5. The molecule has 0 saturated carbocycles. The number of hydrogen-bond acceptors (Lipinski definition) is 3. The van der Waals surface area contributed by atoms with Crippen molar-refractivity contribution in [2.75, 3.05) is 14.2 Å². The van der Waals surface area contributed by atoms with Crippen molar-refractivity contribution in [1.82, 2.24) is 5.32 Å². The summed E-state index contributed by atoms with van der Waals surface area (Å²) in [5.74, 6) is 1.24. The molecule has 0 heterocycles. The van der Waals surface area contributed by atoms with E-state index in [0.717, 1.165) is 16.7 Å². The van der Waals surface area contributed by atoms with Crippen molar-refractivity contribution in [3.05, 3.63) is 95.6 Å². The van der Waals surface area contributed by atoms with Gasteiger partial charge in [-0.3, -0.25) is 4.79 Å². The predicted molar refractivity (Wildman–Crippen MR) is 111 cm³/mol. The fourth-order valence-electron chi connectivity index (χ4n) is 3.35. The highest BCUT2D eigenvalue weighted by molar-refractivity contribution is 5.81. The molecule has 0 spiro atoms. The van der Waals surface area contributed by atoms with Crippen molar-refractivity contribution in [3.8, 4) is 11.5 Å². The third kappa shape index (κ3) is 4.17. The Bertz CT molecular complexity index is 884. The van der Waals surface area contributed by atoms with Crippen LogP contribution in [0.3, 0.4) is 0 Å². The number of rotatable bonds is 7. The molecular formula is C24H25NO3. The minimum atomic E-state index is -0.640. The van der Waals surface area contributed by atoms with Crippen molar-refractivity contribution in [3.63, 3.8) is 0 Å². The molecule has 4 heteroatoms. The van der Waals surface area contributed by atoms with Crippen LogP contribution in [0.5, 0.6) is 11.5 Å². The topological polar surface area (TPSA) is 47.6 Å². The van der Waals surface area contributed by atoms with E-state index >= 15 is 0 Å². The van der Waals surface area contributed by atoms with Crippen LogP contribution in [-0.2, 0) is 16.8 Å². The zero-order valence-corrected chi connectivity index (χ0v) is 16.4. The van der Waals surface area contributed by atoms with E-state index in [0.29, 0.717) is 11.5 Å². The average molecular weight is 375 g/mol. The zero-order valence-electron chi connectivity index (χ0n) is 16.4. The molecule has 0 radical (unpaired) electrons. The van der Waals surface area contributed by atoms with E-state index in [-0.39, 0.29) is 12.3 Å². The maximum Gasteiger partial charge on any atom is 0.225 e. The van der Waals surface area contributed by atoms with E-state index in [1.54, 1.807) is 20.3 Å². The molecule has 4 nitrogen and oxygen atoms in total. The van der Waals surface area contributed by atoms with Crippen molar-refractivity contribution < 1.29 is 14.3 Å². The number of amides is 1. The second kappa shape index (κ2) is 8.61. The van der Waals surface area contributed by atoms with Crippen LogP contribution in [-0.4, -0.2) is 20.1 Å². The molecule has 1 amide bonds. The summed E-state index contributed by atoms with van der Waals surface area (Å²) in [5.41, 5.74) is 2.22. The highest BCUT2D eigenvalue weighted by Gasteiger charge is 2.30. The van der Waals surface area contributed by atoms with Crippen molar-refractivity contribution in [1.29, 1.82) is 0 Å². The lowest BCUT2D eigenvalue weighted by molar-refractivity contribution is -0.121. The van der Waals surface area contributed by atoms with E-state index in [1.807, 2.05) is 79.7 Å². The number of carbonyl (C=O) groups excluding carboxylic acids is 1. The smallest absolute Gasteiger partial charge is 0.225 e. The van der Waals surface area contributed by atoms with Gasteiger partial charge < -0.3 is 14.8 Å². The van der Waals surface area contributed by atoms with Gasteiger partial charge in [-0.05, 0) is 24.1 Å². The highest BCUT2D eigenvalue weighted by Crippen LogP contribution is 2.30. The summed E-state index contributed by atoms with van der Waals surface area (Å²) in [7, 11) is 3.19. The van der Waals surface area contributed by atoms with Crippen LogP contribution in [0.4, 0.5) is 0 Å². The van der Waals surface area contributed by atoms with Crippen molar-refractivity contribution in [2.24, 2.45) is 0 Å². The normalized spacial score (nSPS) is 11.0. The molecule has 0 saturated heterocycles. The Balaban J connectivity index is 1.89. The number of methoxy groups -OCH3 is 2. The molecule has 0 aliphatic carbocycles. The number of ether oxygens (including phenoxy) is 2. The van der Waals surface area contributed by atoms with Gasteiger partial charge in [0.1, 0.15) is 11.5 Å². The van der Waals surface area contributed by atoms with E-state index in [1.165, 1.54) is 0 Å². The lowest BCUT2D eigenvalue weighted by atomic mass is 9.84. The van der Waals surface area contributed by atoms with E-state index in [2.05, 4.69) is 5.32 Å². The summed E-state index contributed by atoms with van der Waals surface area (Å²) in [6.07, 6.45) is 0.211. The largest absolute Gasteiger partial charge is 0.497 e. The maximum atomic E-state index is 13.0. The molecule has 0 atom stereocenters.